The number of rotatable bonds is 8. The Morgan fingerprint density at radius 1 is 0.957 bits per heavy atom. The molecule has 0 atom stereocenters. The zero-order chi connectivity index (χ0) is 16.5. The second-order valence-electron chi connectivity index (χ2n) is 4.94. The Morgan fingerprint density at radius 3 is 2.13 bits per heavy atom. The third-order valence-electron chi connectivity index (χ3n) is 3.13. The van der Waals surface area contributed by atoms with Crippen molar-refractivity contribution in [1.29, 1.82) is 0 Å². The van der Waals surface area contributed by atoms with Gasteiger partial charge >= 0.3 is 7.60 Å². The van der Waals surface area contributed by atoms with E-state index < -0.39 is 7.60 Å². The molecule has 0 spiro atoms. The molecule has 0 N–H and O–H groups in total. The van der Waals surface area contributed by atoms with E-state index in [0.717, 1.165) is 16.8 Å². The van der Waals surface area contributed by atoms with Gasteiger partial charge in [-0.05, 0) is 37.1 Å². The van der Waals surface area contributed by atoms with Crippen molar-refractivity contribution in [1.82, 2.24) is 0 Å². The van der Waals surface area contributed by atoms with Gasteiger partial charge in [0.1, 0.15) is 0 Å². The van der Waals surface area contributed by atoms with Gasteiger partial charge in [0.15, 0.2) is 0 Å². The molecule has 2 aromatic carbocycles. The fourth-order valence-electron chi connectivity index (χ4n) is 2.12. The van der Waals surface area contributed by atoms with Crippen LogP contribution in [0.1, 0.15) is 25.0 Å². The van der Waals surface area contributed by atoms with Crippen LogP contribution in [0, 0.1) is 0 Å². The highest BCUT2D eigenvalue weighted by atomic mass is 31.2. The van der Waals surface area contributed by atoms with Crippen molar-refractivity contribution in [3.05, 3.63) is 65.7 Å². The van der Waals surface area contributed by atoms with Crippen LogP contribution in [0.4, 0.5) is 5.69 Å². The molecule has 0 amide bonds. The van der Waals surface area contributed by atoms with Gasteiger partial charge in [0.25, 0.3) is 0 Å². The third kappa shape index (κ3) is 5.76. The number of hydrogen-bond acceptors (Lipinski definition) is 4. The molecule has 0 aliphatic heterocycles. The van der Waals surface area contributed by atoms with Crippen molar-refractivity contribution >= 4 is 19.5 Å². The number of nitrogens with zero attached hydrogens (tertiary/aromatic N) is 1. The summed E-state index contributed by atoms with van der Waals surface area (Å²) >= 11 is 0. The van der Waals surface area contributed by atoms with Gasteiger partial charge in [-0.15, -0.1) is 0 Å². The summed E-state index contributed by atoms with van der Waals surface area (Å²) < 4.78 is 23.1. The highest BCUT2D eigenvalue weighted by Gasteiger charge is 2.23. The Hall–Kier alpha value is -1.74. The van der Waals surface area contributed by atoms with Crippen molar-refractivity contribution in [2.45, 2.75) is 20.0 Å². The maximum absolute atomic E-state index is 12.5. The summed E-state index contributed by atoms with van der Waals surface area (Å²) in [6.45, 7) is 4.37. The zero-order valence-corrected chi connectivity index (χ0v) is 14.4. The van der Waals surface area contributed by atoms with Crippen LogP contribution in [-0.4, -0.2) is 19.4 Å². The van der Waals surface area contributed by atoms with Crippen molar-refractivity contribution in [3.8, 4) is 0 Å². The van der Waals surface area contributed by atoms with E-state index in [1.165, 1.54) is 0 Å². The second kappa shape index (κ2) is 8.78. The standard InChI is InChI=1S/C18H22NO3P/c1-3-21-23(20,22-4-2)15-17-10-12-18(13-11-17)19-14-16-8-6-5-7-9-16/h5-14H,3-4,15H2,1-2H3. The molecule has 0 aliphatic carbocycles. The third-order valence-corrected chi connectivity index (χ3v) is 5.18. The summed E-state index contributed by atoms with van der Waals surface area (Å²) in [5, 5.41) is 0. The topological polar surface area (TPSA) is 47.9 Å². The molecule has 0 aliphatic rings. The van der Waals surface area contributed by atoms with E-state index in [1.807, 2.05) is 74.7 Å². The van der Waals surface area contributed by atoms with Gasteiger partial charge in [-0.2, -0.15) is 0 Å². The molecular formula is C18H22NO3P. The van der Waals surface area contributed by atoms with Crippen LogP contribution < -0.4 is 0 Å². The number of benzene rings is 2. The molecule has 23 heavy (non-hydrogen) atoms. The minimum absolute atomic E-state index is 0.275. The van der Waals surface area contributed by atoms with Crippen LogP contribution in [-0.2, 0) is 19.8 Å². The Labute approximate surface area is 137 Å². The monoisotopic (exact) mass is 331 g/mol. The fraction of sp³-hybridized carbons (Fsp3) is 0.278. The van der Waals surface area contributed by atoms with Crippen molar-refractivity contribution in [3.63, 3.8) is 0 Å². The summed E-state index contributed by atoms with van der Waals surface area (Å²) in [6.07, 6.45) is 2.09. The first-order valence-corrected chi connectivity index (χ1v) is 9.44. The summed E-state index contributed by atoms with van der Waals surface area (Å²) in [6, 6.07) is 17.5. The van der Waals surface area contributed by atoms with Crippen LogP contribution in [0.25, 0.3) is 0 Å². The molecule has 0 bridgehead atoms. The van der Waals surface area contributed by atoms with E-state index in [1.54, 1.807) is 0 Å². The molecule has 0 saturated heterocycles. The lowest BCUT2D eigenvalue weighted by Crippen LogP contribution is -1.98. The van der Waals surface area contributed by atoms with Crippen LogP contribution >= 0.6 is 7.60 Å². The minimum Gasteiger partial charge on any atom is -0.309 e. The molecule has 0 fully saturated rings. The van der Waals surface area contributed by atoms with E-state index >= 15 is 0 Å². The van der Waals surface area contributed by atoms with Gasteiger partial charge in [-0.3, -0.25) is 9.56 Å². The fourth-order valence-corrected chi connectivity index (χ4v) is 3.82. The molecule has 5 heteroatoms. The Bertz CT molecular complexity index is 658. The largest absolute Gasteiger partial charge is 0.335 e. The lowest BCUT2D eigenvalue weighted by Gasteiger charge is -2.16. The van der Waals surface area contributed by atoms with E-state index in [-0.39, 0.29) is 6.16 Å². The maximum Gasteiger partial charge on any atom is 0.335 e. The lowest BCUT2D eigenvalue weighted by atomic mass is 10.2. The van der Waals surface area contributed by atoms with E-state index in [4.69, 9.17) is 9.05 Å². The molecule has 0 saturated carbocycles. The van der Waals surface area contributed by atoms with Crippen LogP contribution in [0.3, 0.4) is 0 Å². The van der Waals surface area contributed by atoms with Gasteiger partial charge in [-0.25, -0.2) is 0 Å². The average molecular weight is 331 g/mol. The Morgan fingerprint density at radius 2 is 1.57 bits per heavy atom. The number of hydrogen-bond donors (Lipinski definition) is 0. The predicted octanol–water partition coefficient (Wildman–Crippen LogP) is 5.20. The molecule has 0 aromatic heterocycles. The Balaban J connectivity index is 2.04. The van der Waals surface area contributed by atoms with Gasteiger partial charge in [0, 0.05) is 6.21 Å². The quantitative estimate of drug-likeness (QED) is 0.493. The highest BCUT2D eigenvalue weighted by molar-refractivity contribution is 7.53. The number of aliphatic imine (C=N–C) groups is 1. The van der Waals surface area contributed by atoms with Crippen molar-refractivity contribution in [2.75, 3.05) is 13.2 Å². The minimum atomic E-state index is -3.06. The van der Waals surface area contributed by atoms with E-state index in [2.05, 4.69) is 4.99 Å². The summed E-state index contributed by atoms with van der Waals surface area (Å²) in [5.41, 5.74) is 2.81. The van der Waals surface area contributed by atoms with Crippen LogP contribution in [0.15, 0.2) is 59.6 Å². The first-order chi connectivity index (χ1) is 11.1. The van der Waals surface area contributed by atoms with Crippen LogP contribution in [0.5, 0.6) is 0 Å². The smallest absolute Gasteiger partial charge is 0.309 e. The van der Waals surface area contributed by atoms with Crippen LogP contribution in [0.2, 0.25) is 0 Å². The first kappa shape index (κ1) is 17.6. The second-order valence-corrected chi connectivity index (χ2v) is 6.99. The average Bonchev–Trinajstić information content (AvgIpc) is 2.55. The molecule has 0 unspecified atom stereocenters. The normalized spacial score (nSPS) is 11.9. The molecule has 4 nitrogen and oxygen atoms in total. The predicted molar refractivity (Wildman–Crippen MR) is 94.7 cm³/mol. The molecule has 0 heterocycles. The Kier molecular flexibility index (Phi) is 6.72. The SMILES string of the molecule is CCOP(=O)(Cc1ccc(N=Cc2ccccc2)cc1)OCC. The lowest BCUT2D eigenvalue weighted by molar-refractivity contribution is 0.219. The van der Waals surface area contributed by atoms with Gasteiger partial charge in [0.2, 0.25) is 0 Å². The summed E-state index contributed by atoms with van der Waals surface area (Å²) in [4.78, 5) is 4.43. The van der Waals surface area contributed by atoms with E-state index in [0.29, 0.717) is 13.2 Å². The summed E-state index contributed by atoms with van der Waals surface area (Å²) in [5.74, 6) is 0. The molecule has 2 rings (SSSR count). The highest BCUT2D eigenvalue weighted by Crippen LogP contribution is 2.51. The first-order valence-electron chi connectivity index (χ1n) is 7.71. The van der Waals surface area contributed by atoms with Gasteiger partial charge < -0.3 is 9.05 Å². The van der Waals surface area contributed by atoms with Gasteiger partial charge in [0.05, 0.1) is 25.1 Å². The van der Waals surface area contributed by atoms with Crippen molar-refractivity contribution in [2.24, 2.45) is 4.99 Å². The van der Waals surface area contributed by atoms with Gasteiger partial charge in [-0.1, -0.05) is 42.5 Å². The van der Waals surface area contributed by atoms with Crippen molar-refractivity contribution < 1.29 is 13.6 Å². The molecule has 0 radical (unpaired) electrons. The maximum atomic E-state index is 12.5. The zero-order valence-electron chi connectivity index (χ0n) is 13.5. The summed E-state index contributed by atoms with van der Waals surface area (Å²) in [7, 11) is -3.06. The van der Waals surface area contributed by atoms with E-state index in [9.17, 15) is 4.57 Å². The molecule has 2 aromatic rings. The molecular weight excluding hydrogens is 309 g/mol. The molecule has 122 valence electrons.